The van der Waals surface area contributed by atoms with Crippen molar-refractivity contribution in [3.8, 4) is 12.3 Å². The molecule has 1 aliphatic heterocycles. The number of hydrogen-bond acceptors (Lipinski definition) is 2. The predicted molar refractivity (Wildman–Crippen MR) is 65.8 cm³/mol. The maximum Gasteiger partial charge on any atom is 0.00982 e. The van der Waals surface area contributed by atoms with Gasteiger partial charge in [-0.3, -0.25) is 0 Å². The SMILES string of the molecule is C#CCCCN(CC)CC1CCNCC1. The maximum absolute atomic E-state index is 5.26. The number of rotatable bonds is 6. The molecule has 0 aromatic rings. The second kappa shape index (κ2) is 7.73. The van der Waals surface area contributed by atoms with E-state index >= 15 is 0 Å². The molecule has 1 rings (SSSR count). The van der Waals surface area contributed by atoms with E-state index in [0.29, 0.717) is 0 Å². The molecule has 1 fully saturated rings. The Balaban J connectivity index is 2.17. The van der Waals surface area contributed by atoms with Crippen molar-refractivity contribution in [2.75, 3.05) is 32.7 Å². The molecule has 1 aliphatic rings. The monoisotopic (exact) mass is 208 g/mol. The lowest BCUT2D eigenvalue weighted by atomic mass is 9.97. The van der Waals surface area contributed by atoms with Crippen LogP contribution in [0.2, 0.25) is 0 Å². The van der Waals surface area contributed by atoms with Gasteiger partial charge in [-0.05, 0) is 51.4 Å². The lowest BCUT2D eigenvalue weighted by Gasteiger charge is -2.29. The van der Waals surface area contributed by atoms with E-state index in [0.717, 1.165) is 25.3 Å². The number of unbranched alkanes of at least 4 members (excludes halogenated alkanes) is 1. The first-order chi connectivity index (χ1) is 7.36. The van der Waals surface area contributed by atoms with Gasteiger partial charge in [-0.15, -0.1) is 12.3 Å². The lowest BCUT2D eigenvalue weighted by molar-refractivity contribution is 0.212. The summed E-state index contributed by atoms with van der Waals surface area (Å²) >= 11 is 0. The summed E-state index contributed by atoms with van der Waals surface area (Å²) in [5, 5.41) is 3.41. The smallest absolute Gasteiger partial charge is 0.00982 e. The first-order valence-electron chi connectivity index (χ1n) is 6.23. The van der Waals surface area contributed by atoms with Crippen molar-refractivity contribution in [2.24, 2.45) is 5.92 Å². The average molecular weight is 208 g/mol. The van der Waals surface area contributed by atoms with Gasteiger partial charge in [-0.25, -0.2) is 0 Å². The Labute approximate surface area is 94.4 Å². The molecule has 2 nitrogen and oxygen atoms in total. The van der Waals surface area contributed by atoms with Crippen LogP contribution in [0.5, 0.6) is 0 Å². The Bertz CT molecular complexity index is 189. The van der Waals surface area contributed by atoms with Crippen LogP contribution < -0.4 is 5.32 Å². The number of piperidine rings is 1. The van der Waals surface area contributed by atoms with Gasteiger partial charge in [-0.2, -0.15) is 0 Å². The molecule has 0 bridgehead atoms. The second-order valence-electron chi connectivity index (χ2n) is 4.39. The normalized spacial score (nSPS) is 17.9. The van der Waals surface area contributed by atoms with Gasteiger partial charge < -0.3 is 10.2 Å². The molecule has 2 heteroatoms. The zero-order valence-electron chi connectivity index (χ0n) is 9.97. The molecule has 0 aromatic carbocycles. The zero-order chi connectivity index (χ0) is 10.9. The number of hydrogen-bond donors (Lipinski definition) is 1. The van der Waals surface area contributed by atoms with Gasteiger partial charge in [0.05, 0.1) is 0 Å². The van der Waals surface area contributed by atoms with Gasteiger partial charge in [0.2, 0.25) is 0 Å². The summed E-state index contributed by atoms with van der Waals surface area (Å²) in [6, 6.07) is 0. The number of nitrogens with one attached hydrogen (secondary N) is 1. The molecule has 1 N–H and O–H groups in total. The van der Waals surface area contributed by atoms with E-state index in [1.54, 1.807) is 0 Å². The van der Waals surface area contributed by atoms with Gasteiger partial charge in [0, 0.05) is 13.0 Å². The van der Waals surface area contributed by atoms with E-state index in [4.69, 9.17) is 6.42 Å². The minimum absolute atomic E-state index is 0.900. The Hall–Kier alpha value is -0.520. The third-order valence-electron chi connectivity index (χ3n) is 3.22. The van der Waals surface area contributed by atoms with E-state index in [1.807, 2.05) is 0 Å². The third kappa shape index (κ3) is 5.20. The van der Waals surface area contributed by atoms with Crippen LogP contribution in [-0.2, 0) is 0 Å². The van der Waals surface area contributed by atoms with Crippen LogP contribution in [0.3, 0.4) is 0 Å². The van der Waals surface area contributed by atoms with Crippen LogP contribution in [0.1, 0.15) is 32.6 Å². The lowest BCUT2D eigenvalue weighted by Crippen LogP contribution is -2.36. The number of terminal acetylenes is 1. The standard InChI is InChI=1S/C13H24N2/c1-3-5-6-11-15(4-2)12-13-7-9-14-10-8-13/h1,13-14H,4-12H2,2H3. The van der Waals surface area contributed by atoms with Crippen LogP contribution >= 0.6 is 0 Å². The van der Waals surface area contributed by atoms with Crippen molar-refractivity contribution in [1.29, 1.82) is 0 Å². The van der Waals surface area contributed by atoms with Crippen LogP contribution in [0, 0.1) is 18.3 Å². The molecule has 0 spiro atoms. The van der Waals surface area contributed by atoms with E-state index in [2.05, 4.69) is 23.1 Å². The molecule has 0 aromatic heterocycles. The highest BCUT2D eigenvalue weighted by atomic mass is 15.1. The topological polar surface area (TPSA) is 15.3 Å². The zero-order valence-corrected chi connectivity index (χ0v) is 9.97. The molecule has 0 saturated carbocycles. The Morgan fingerprint density at radius 3 is 2.73 bits per heavy atom. The van der Waals surface area contributed by atoms with E-state index in [-0.39, 0.29) is 0 Å². The van der Waals surface area contributed by atoms with Gasteiger partial charge in [0.1, 0.15) is 0 Å². The van der Waals surface area contributed by atoms with Crippen molar-refractivity contribution in [2.45, 2.75) is 32.6 Å². The Kier molecular flexibility index (Phi) is 6.47. The van der Waals surface area contributed by atoms with E-state index < -0.39 is 0 Å². The number of nitrogens with zero attached hydrogens (tertiary/aromatic N) is 1. The van der Waals surface area contributed by atoms with Crippen molar-refractivity contribution in [1.82, 2.24) is 10.2 Å². The Morgan fingerprint density at radius 2 is 2.13 bits per heavy atom. The molecule has 0 amide bonds. The summed E-state index contributed by atoms with van der Waals surface area (Å²) in [6.07, 6.45) is 10.0. The van der Waals surface area contributed by atoms with Crippen LogP contribution in [0.15, 0.2) is 0 Å². The third-order valence-corrected chi connectivity index (χ3v) is 3.22. The van der Waals surface area contributed by atoms with Crippen molar-refractivity contribution in [3.05, 3.63) is 0 Å². The van der Waals surface area contributed by atoms with E-state index in [9.17, 15) is 0 Å². The summed E-state index contributed by atoms with van der Waals surface area (Å²) in [5.41, 5.74) is 0. The minimum Gasteiger partial charge on any atom is -0.317 e. The maximum atomic E-state index is 5.26. The van der Waals surface area contributed by atoms with Gasteiger partial charge in [0.15, 0.2) is 0 Å². The predicted octanol–water partition coefficient (Wildman–Crippen LogP) is 1.72. The molecule has 86 valence electrons. The van der Waals surface area contributed by atoms with Crippen LogP contribution in [-0.4, -0.2) is 37.6 Å². The molecule has 1 saturated heterocycles. The molecule has 0 unspecified atom stereocenters. The van der Waals surface area contributed by atoms with Gasteiger partial charge >= 0.3 is 0 Å². The van der Waals surface area contributed by atoms with Crippen LogP contribution in [0.4, 0.5) is 0 Å². The quantitative estimate of drug-likeness (QED) is 0.528. The summed E-state index contributed by atoms with van der Waals surface area (Å²) in [5.74, 6) is 3.61. The van der Waals surface area contributed by atoms with Crippen molar-refractivity contribution >= 4 is 0 Å². The molecular formula is C13H24N2. The molecular weight excluding hydrogens is 184 g/mol. The highest BCUT2D eigenvalue weighted by Gasteiger charge is 2.15. The fourth-order valence-electron chi connectivity index (χ4n) is 2.21. The molecule has 0 radical (unpaired) electrons. The molecule has 1 heterocycles. The Morgan fingerprint density at radius 1 is 1.40 bits per heavy atom. The second-order valence-corrected chi connectivity index (χ2v) is 4.39. The average Bonchev–Trinajstić information content (AvgIpc) is 2.29. The summed E-state index contributed by atoms with van der Waals surface area (Å²) < 4.78 is 0. The van der Waals surface area contributed by atoms with Crippen molar-refractivity contribution < 1.29 is 0 Å². The summed E-state index contributed by atoms with van der Waals surface area (Å²) in [4.78, 5) is 2.55. The molecule has 0 aliphatic carbocycles. The largest absolute Gasteiger partial charge is 0.317 e. The first kappa shape index (κ1) is 12.5. The molecule has 0 atom stereocenters. The highest BCUT2D eigenvalue weighted by Crippen LogP contribution is 2.13. The van der Waals surface area contributed by atoms with Crippen LogP contribution in [0.25, 0.3) is 0 Å². The van der Waals surface area contributed by atoms with Crippen molar-refractivity contribution in [3.63, 3.8) is 0 Å². The first-order valence-corrected chi connectivity index (χ1v) is 6.23. The highest BCUT2D eigenvalue weighted by molar-refractivity contribution is 4.83. The molecule has 15 heavy (non-hydrogen) atoms. The summed E-state index contributed by atoms with van der Waals surface area (Å²) in [6.45, 7) is 8.25. The van der Waals surface area contributed by atoms with Gasteiger partial charge in [-0.1, -0.05) is 6.92 Å². The minimum atomic E-state index is 0.900. The van der Waals surface area contributed by atoms with Gasteiger partial charge in [0.25, 0.3) is 0 Å². The fourth-order valence-corrected chi connectivity index (χ4v) is 2.21. The summed E-state index contributed by atoms with van der Waals surface area (Å²) in [7, 11) is 0. The fraction of sp³-hybridized carbons (Fsp3) is 0.846. The van der Waals surface area contributed by atoms with E-state index in [1.165, 1.54) is 39.0 Å².